The van der Waals surface area contributed by atoms with Crippen LogP contribution in [0.3, 0.4) is 0 Å². The number of ketones is 1. The van der Waals surface area contributed by atoms with Crippen LogP contribution in [0.4, 0.5) is 8.78 Å². The van der Waals surface area contributed by atoms with Crippen LogP contribution in [-0.4, -0.2) is 5.78 Å². The minimum Gasteiger partial charge on any atom is -0.288 e. The van der Waals surface area contributed by atoms with E-state index in [1.54, 1.807) is 12.1 Å². The van der Waals surface area contributed by atoms with E-state index in [9.17, 15) is 13.6 Å². The first-order chi connectivity index (χ1) is 9.71. The lowest BCUT2D eigenvalue weighted by Crippen LogP contribution is -2.18. The van der Waals surface area contributed by atoms with Crippen molar-refractivity contribution in [3.05, 3.63) is 70.3 Å². The van der Waals surface area contributed by atoms with Gasteiger partial charge in [-0.05, 0) is 35.6 Å². The van der Waals surface area contributed by atoms with E-state index in [0.717, 1.165) is 17.7 Å². The summed E-state index contributed by atoms with van der Waals surface area (Å²) in [7, 11) is 0. The number of benzene rings is 2. The van der Waals surface area contributed by atoms with Crippen molar-refractivity contribution in [2.24, 2.45) is 0 Å². The molecule has 0 saturated carbocycles. The van der Waals surface area contributed by atoms with Crippen molar-refractivity contribution in [2.75, 3.05) is 0 Å². The van der Waals surface area contributed by atoms with Gasteiger partial charge in [-0.1, -0.05) is 45.0 Å². The third-order valence-electron chi connectivity index (χ3n) is 3.47. The number of carbonyl (C=O) groups is 1. The molecule has 2 aromatic carbocycles. The Morgan fingerprint density at radius 3 is 2.19 bits per heavy atom. The third-order valence-corrected chi connectivity index (χ3v) is 3.47. The van der Waals surface area contributed by atoms with Crippen molar-refractivity contribution < 1.29 is 13.6 Å². The van der Waals surface area contributed by atoms with E-state index in [4.69, 9.17) is 0 Å². The van der Waals surface area contributed by atoms with Gasteiger partial charge in [0.2, 0.25) is 0 Å². The molecule has 0 heterocycles. The lowest BCUT2D eigenvalue weighted by Gasteiger charge is -2.22. The Balaban J connectivity index is 2.59. The molecule has 3 heteroatoms. The lowest BCUT2D eigenvalue weighted by atomic mass is 9.81. The normalized spacial score (nSPS) is 11.5. The first kappa shape index (κ1) is 15.4. The van der Waals surface area contributed by atoms with Crippen LogP contribution in [0.5, 0.6) is 0 Å². The van der Waals surface area contributed by atoms with Crippen LogP contribution in [0.25, 0.3) is 0 Å². The fraction of sp³-hybridized carbons (Fsp3) is 0.278. The summed E-state index contributed by atoms with van der Waals surface area (Å²) in [6, 6.07) is 9.10. The SMILES string of the molecule is Cc1cc(F)c(C(=O)c2ccccc2C(C)(C)C)cc1F. The average molecular weight is 288 g/mol. The van der Waals surface area contributed by atoms with Gasteiger partial charge in [-0.25, -0.2) is 8.78 Å². The van der Waals surface area contributed by atoms with E-state index in [-0.39, 0.29) is 16.5 Å². The molecule has 0 aromatic heterocycles. The van der Waals surface area contributed by atoms with Crippen molar-refractivity contribution in [1.82, 2.24) is 0 Å². The summed E-state index contributed by atoms with van der Waals surface area (Å²) >= 11 is 0. The van der Waals surface area contributed by atoms with E-state index >= 15 is 0 Å². The molecule has 0 bridgehead atoms. The molecule has 0 N–H and O–H groups in total. The highest BCUT2D eigenvalue weighted by atomic mass is 19.1. The molecule has 0 unspecified atom stereocenters. The smallest absolute Gasteiger partial charge is 0.196 e. The minimum absolute atomic E-state index is 0.188. The van der Waals surface area contributed by atoms with Gasteiger partial charge in [0.25, 0.3) is 0 Å². The second-order valence-corrected chi connectivity index (χ2v) is 6.21. The Labute approximate surface area is 123 Å². The highest BCUT2D eigenvalue weighted by molar-refractivity contribution is 6.10. The van der Waals surface area contributed by atoms with Gasteiger partial charge < -0.3 is 0 Å². The molecule has 0 amide bonds. The molecular weight excluding hydrogens is 270 g/mol. The van der Waals surface area contributed by atoms with Crippen LogP contribution in [0.2, 0.25) is 0 Å². The molecule has 0 radical (unpaired) electrons. The summed E-state index contributed by atoms with van der Waals surface area (Å²) in [5.41, 5.74) is 0.928. The molecular formula is C18H18F2O. The summed E-state index contributed by atoms with van der Waals surface area (Å²) in [5.74, 6) is -1.76. The van der Waals surface area contributed by atoms with E-state index in [1.807, 2.05) is 32.9 Å². The monoisotopic (exact) mass is 288 g/mol. The van der Waals surface area contributed by atoms with Gasteiger partial charge in [0.15, 0.2) is 5.78 Å². The summed E-state index contributed by atoms with van der Waals surface area (Å²) in [4.78, 5) is 12.6. The number of halogens is 2. The largest absolute Gasteiger partial charge is 0.288 e. The summed E-state index contributed by atoms with van der Waals surface area (Å²) in [6.45, 7) is 7.40. The minimum atomic E-state index is -0.692. The number of carbonyl (C=O) groups excluding carboxylic acids is 1. The van der Waals surface area contributed by atoms with E-state index in [1.165, 1.54) is 6.92 Å². The van der Waals surface area contributed by atoms with Gasteiger partial charge in [-0.15, -0.1) is 0 Å². The first-order valence-electron chi connectivity index (χ1n) is 6.81. The standard InChI is InChI=1S/C18H18F2O/c1-11-9-16(20)13(10-15(11)19)17(21)12-7-5-6-8-14(12)18(2,3)4/h5-10H,1-4H3. The zero-order valence-corrected chi connectivity index (χ0v) is 12.6. The predicted molar refractivity (Wildman–Crippen MR) is 79.7 cm³/mol. The Kier molecular flexibility index (Phi) is 3.95. The fourth-order valence-corrected chi connectivity index (χ4v) is 2.30. The molecule has 2 rings (SSSR count). The van der Waals surface area contributed by atoms with Crippen LogP contribution < -0.4 is 0 Å². The number of hydrogen-bond acceptors (Lipinski definition) is 1. The topological polar surface area (TPSA) is 17.1 Å². The fourth-order valence-electron chi connectivity index (χ4n) is 2.30. The van der Waals surface area contributed by atoms with Gasteiger partial charge in [0.1, 0.15) is 11.6 Å². The quantitative estimate of drug-likeness (QED) is 0.725. The zero-order valence-electron chi connectivity index (χ0n) is 12.6. The van der Waals surface area contributed by atoms with Gasteiger partial charge in [0, 0.05) is 5.56 Å². The molecule has 0 spiro atoms. The molecule has 2 aromatic rings. The second-order valence-electron chi connectivity index (χ2n) is 6.21. The maximum Gasteiger partial charge on any atom is 0.196 e. The van der Waals surface area contributed by atoms with Crippen LogP contribution in [-0.2, 0) is 5.41 Å². The molecule has 0 fully saturated rings. The van der Waals surface area contributed by atoms with E-state index in [2.05, 4.69) is 0 Å². The average Bonchev–Trinajstić information content (AvgIpc) is 2.41. The summed E-state index contributed by atoms with van der Waals surface area (Å²) < 4.78 is 27.7. The zero-order chi connectivity index (χ0) is 15.8. The van der Waals surface area contributed by atoms with Crippen LogP contribution in [0.1, 0.15) is 47.8 Å². The third kappa shape index (κ3) is 3.02. The van der Waals surface area contributed by atoms with Gasteiger partial charge in [-0.3, -0.25) is 4.79 Å². The van der Waals surface area contributed by atoms with E-state index in [0.29, 0.717) is 5.56 Å². The predicted octanol–water partition coefficient (Wildman–Crippen LogP) is 4.80. The first-order valence-corrected chi connectivity index (χ1v) is 6.81. The molecule has 21 heavy (non-hydrogen) atoms. The molecule has 0 aliphatic carbocycles. The molecule has 0 saturated heterocycles. The highest BCUT2D eigenvalue weighted by Crippen LogP contribution is 2.28. The molecule has 110 valence electrons. The van der Waals surface area contributed by atoms with E-state index < -0.39 is 17.4 Å². The van der Waals surface area contributed by atoms with Crippen molar-refractivity contribution in [3.8, 4) is 0 Å². The van der Waals surface area contributed by atoms with Crippen LogP contribution in [0, 0.1) is 18.6 Å². The highest BCUT2D eigenvalue weighted by Gasteiger charge is 2.24. The van der Waals surface area contributed by atoms with Gasteiger partial charge in [-0.2, -0.15) is 0 Å². The Morgan fingerprint density at radius 1 is 0.952 bits per heavy atom. The maximum atomic E-state index is 14.0. The Morgan fingerprint density at radius 2 is 1.57 bits per heavy atom. The molecule has 0 aliphatic heterocycles. The van der Waals surface area contributed by atoms with Crippen LogP contribution in [0.15, 0.2) is 36.4 Å². The van der Waals surface area contributed by atoms with Crippen LogP contribution >= 0.6 is 0 Å². The van der Waals surface area contributed by atoms with Crippen molar-refractivity contribution >= 4 is 5.78 Å². The Hall–Kier alpha value is -2.03. The Bertz CT molecular complexity index is 697. The van der Waals surface area contributed by atoms with Crippen molar-refractivity contribution in [2.45, 2.75) is 33.1 Å². The summed E-state index contributed by atoms with van der Waals surface area (Å²) in [6.07, 6.45) is 0. The number of rotatable bonds is 2. The second kappa shape index (κ2) is 5.40. The molecule has 1 nitrogen and oxygen atoms in total. The van der Waals surface area contributed by atoms with Gasteiger partial charge in [0.05, 0.1) is 5.56 Å². The van der Waals surface area contributed by atoms with Gasteiger partial charge >= 0.3 is 0 Å². The number of aryl methyl sites for hydroxylation is 1. The lowest BCUT2D eigenvalue weighted by molar-refractivity contribution is 0.103. The molecule has 0 aliphatic rings. The summed E-state index contributed by atoms with van der Waals surface area (Å²) in [5, 5.41) is 0. The van der Waals surface area contributed by atoms with Crippen molar-refractivity contribution in [3.63, 3.8) is 0 Å². The number of hydrogen-bond donors (Lipinski definition) is 0. The maximum absolute atomic E-state index is 14.0. The molecule has 0 atom stereocenters. The van der Waals surface area contributed by atoms with Crippen molar-refractivity contribution in [1.29, 1.82) is 0 Å².